The largest absolute Gasteiger partial charge is 0.348 e. The van der Waals surface area contributed by atoms with Gasteiger partial charge >= 0.3 is 0 Å². The number of ether oxygens (including phenoxy) is 1. The molecule has 2 heterocycles. The first kappa shape index (κ1) is 16.2. The fourth-order valence-corrected chi connectivity index (χ4v) is 3.73. The van der Waals surface area contributed by atoms with E-state index < -0.39 is 11.7 Å². The summed E-state index contributed by atoms with van der Waals surface area (Å²) < 4.78 is 6.70. The van der Waals surface area contributed by atoms with Gasteiger partial charge in [0.25, 0.3) is 5.91 Å². The number of hydrogen-bond donors (Lipinski definition) is 1. The highest BCUT2D eigenvalue weighted by atomic mass is 79.9. The zero-order valence-electron chi connectivity index (χ0n) is 13.1. The summed E-state index contributed by atoms with van der Waals surface area (Å²) in [6.07, 6.45) is -1.04. The Labute approximate surface area is 152 Å². The molecule has 0 unspecified atom stereocenters. The van der Waals surface area contributed by atoms with Crippen molar-refractivity contribution in [1.29, 1.82) is 0 Å². The van der Waals surface area contributed by atoms with E-state index in [1.165, 1.54) is 0 Å². The van der Waals surface area contributed by atoms with E-state index in [1.807, 2.05) is 12.1 Å². The third-order valence-electron chi connectivity index (χ3n) is 4.62. The van der Waals surface area contributed by atoms with Crippen LogP contribution in [0.3, 0.4) is 0 Å². The second-order valence-electron chi connectivity index (χ2n) is 6.21. The van der Waals surface area contributed by atoms with E-state index in [-0.39, 0.29) is 30.3 Å². The van der Waals surface area contributed by atoms with E-state index in [4.69, 9.17) is 4.74 Å². The fourth-order valence-electron chi connectivity index (χ4n) is 3.37. The van der Waals surface area contributed by atoms with Crippen molar-refractivity contribution in [3.63, 3.8) is 0 Å². The highest BCUT2D eigenvalue weighted by molar-refractivity contribution is 9.10. The molecule has 0 saturated carbocycles. The van der Waals surface area contributed by atoms with Gasteiger partial charge in [0.1, 0.15) is 6.10 Å². The van der Waals surface area contributed by atoms with Gasteiger partial charge in [0.15, 0.2) is 17.2 Å². The summed E-state index contributed by atoms with van der Waals surface area (Å²) in [6.45, 7) is 0. The normalized spacial score (nSPS) is 24.4. The lowest BCUT2D eigenvalue weighted by molar-refractivity contribution is -0.140. The molecule has 2 atom stereocenters. The van der Waals surface area contributed by atoms with Crippen LogP contribution >= 0.6 is 15.9 Å². The maximum absolute atomic E-state index is 12.5. The van der Waals surface area contributed by atoms with Crippen LogP contribution in [0.1, 0.15) is 28.8 Å². The van der Waals surface area contributed by atoms with E-state index in [1.54, 1.807) is 36.4 Å². The van der Waals surface area contributed by atoms with Gasteiger partial charge in [0, 0.05) is 27.7 Å². The Hall–Kier alpha value is -2.31. The van der Waals surface area contributed by atoms with Crippen molar-refractivity contribution in [3.8, 4) is 0 Å². The minimum atomic E-state index is -1.34. The minimum Gasteiger partial charge on any atom is -0.348 e. The van der Waals surface area contributed by atoms with Gasteiger partial charge in [-0.25, -0.2) is 0 Å². The quantitative estimate of drug-likeness (QED) is 0.804. The number of nitrogens with one attached hydrogen (secondary N) is 1. The van der Waals surface area contributed by atoms with Crippen LogP contribution < -0.4 is 5.32 Å². The summed E-state index contributed by atoms with van der Waals surface area (Å²) in [5, 5.41) is 2.76. The summed E-state index contributed by atoms with van der Waals surface area (Å²) in [7, 11) is 0. The van der Waals surface area contributed by atoms with Gasteiger partial charge in [-0.2, -0.15) is 0 Å². The first-order valence-electron chi connectivity index (χ1n) is 7.90. The number of rotatable bonds is 3. The van der Waals surface area contributed by atoms with Gasteiger partial charge < -0.3 is 10.1 Å². The molecule has 0 bridgehead atoms. The highest BCUT2D eigenvalue weighted by Gasteiger charge is 2.56. The lowest BCUT2D eigenvalue weighted by Crippen LogP contribution is -2.34. The summed E-state index contributed by atoms with van der Waals surface area (Å²) in [6, 6.07) is 14.1. The number of hydrogen-bond acceptors (Lipinski definition) is 4. The molecule has 25 heavy (non-hydrogen) atoms. The van der Waals surface area contributed by atoms with Crippen molar-refractivity contribution in [3.05, 3.63) is 64.1 Å². The van der Waals surface area contributed by atoms with Crippen LogP contribution in [0.5, 0.6) is 0 Å². The third-order valence-corrected chi connectivity index (χ3v) is 5.12. The Morgan fingerprint density at radius 1 is 1.20 bits per heavy atom. The van der Waals surface area contributed by atoms with Crippen molar-refractivity contribution < 1.29 is 19.1 Å². The molecule has 5 nitrogen and oxygen atoms in total. The number of carbonyl (C=O) groups is 3. The van der Waals surface area contributed by atoms with Crippen molar-refractivity contribution in [1.82, 2.24) is 0 Å². The van der Waals surface area contributed by atoms with Gasteiger partial charge in [0.05, 0.1) is 6.42 Å². The SMILES string of the molecule is O=C(C[C@@H]1O[C@@]2(CC1=O)C(=O)Nc1ccc(Br)cc12)c1ccccc1. The lowest BCUT2D eigenvalue weighted by atomic mass is 9.91. The van der Waals surface area contributed by atoms with Crippen LogP contribution in [0.25, 0.3) is 0 Å². The van der Waals surface area contributed by atoms with Crippen molar-refractivity contribution >= 4 is 39.1 Å². The average Bonchev–Trinajstić information content (AvgIpc) is 3.07. The van der Waals surface area contributed by atoms with Crippen LogP contribution in [0.2, 0.25) is 0 Å². The summed E-state index contributed by atoms with van der Waals surface area (Å²) in [5.74, 6) is -0.764. The molecule has 1 N–H and O–H groups in total. The monoisotopic (exact) mass is 399 g/mol. The molecular formula is C19H14BrNO4. The molecule has 2 aromatic rings. The molecule has 4 rings (SSSR count). The number of Topliss-reactive ketones (excluding diaryl/α,β-unsaturated/α-hetero) is 2. The Morgan fingerprint density at radius 2 is 1.96 bits per heavy atom. The molecular weight excluding hydrogens is 386 g/mol. The number of ketones is 2. The summed E-state index contributed by atoms with van der Waals surface area (Å²) in [4.78, 5) is 37.4. The molecule has 0 aliphatic carbocycles. The lowest BCUT2D eigenvalue weighted by Gasteiger charge is -2.21. The van der Waals surface area contributed by atoms with Crippen LogP contribution in [0.4, 0.5) is 5.69 Å². The average molecular weight is 400 g/mol. The number of fused-ring (bicyclic) bond motifs is 2. The first-order valence-corrected chi connectivity index (χ1v) is 8.69. The minimum absolute atomic E-state index is 0.0605. The van der Waals surface area contributed by atoms with E-state index in [0.29, 0.717) is 16.8 Å². The standard InChI is InChI=1S/C19H14BrNO4/c20-12-6-7-14-13(8-12)19(18(24)21-14)10-16(23)17(25-19)9-15(22)11-4-2-1-3-5-11/h1-8,17H,9-10H2,(H,21,24)/t17-,19+/m0/s1. The molecule has 2 aliphatic rings. The molecule has 0 radical (unpaired) electrons. The molecule has 1 saturated heterocycles. The van der Waals surface area contributed by atoms with E-state index in [0.717, 1.165) is 4.47 Å². The van der Waals surface area contributed by atoms with Gasteiger partial charge in [-0.3, -0.25) is 14.4 Å². The molecule has 2 aliphatic heterocycles. The molecule has 6 heteroatoms. The first-order chi connectivity index (χ1) is 12.0. The maximum atomic E-state index is 12.5. The zero-order valence-corrected chi connectivity index (χ0v) is 14.7. The topological polar surface area (TPSA) is 72.5 Å². The molecule has 126 valence electrons. The Balaban J connectivity index is 1.62. The smallest absolute Gasteiger partial charge is 0.261 e. The van der Waals surface area contributed by atoms with E-state index in [2.05, 4.69) is 21.2 Å². The highest BCUT2D eigenvalue weighted by Crippen LogP contribution is 2.47. The molecule has 1 fully saturated rings. The second kappa shape index (κ2) is 5.89. The Kier molecular flexibility index (Phi) is 3.81. The summed E-state index contributed by atoms with van der Waals surface area (Å²) >= 11 is 3.38. The van der Waals surface area contributed by atoms with Crippen LogP contribution in [0, 0.1) is 0 Å². The third kappa shape index (κ3) is 2.62. The zero-order chi connectivity index (χ0) is 17.6. The van der Waals surface area contributed by atoms with Crippen molar-refractivity contribution in [2.45, 2.75) is 24.5 Å². The molecule has 2 aromatic carbocycles. The van der Waals surface area contributed by atoms with Crippen LogP contribution in [-0.4, -0.2) is 23.6 Å². The van der Waals surface area contributed by atoms with E-state index in [9.17, 15) is 14.4 Å². The predicted octanol–water partition coefficient (Wildman–Crippen LogP) is 3.23. The Bertz CT molecular complexity index is 896. The molecule has 1 spiro atoms. The molecule has 1 amide bonds. The number of amides is 1. The van der Waals surface area contributed by atoms with Crippen LogP contribution in [0.15, 0.2) is 53.0 Å². The van der Waals surface area contributed by atoms with Gasteiger partial charge in [-0.1, -0.05) is 46.3 Å². The number of benzene rings is 2. The fraction of sp³-hybridized carbons (Fsp3) is 0.211. The predicted molar refractivity (Wildman–Crippen MR) is 94.3 cm³/mol. The van der Waals surface area contributed by atoms with Gasteiger partial charge in [-0.05, 0) is 18.2 Å². The number of carbonyl (C=O) groups excluding carboxylic acids is 3. The maximum Gasteiger partial charge on any atom is 0.261 e. The number of anilines is 1. The van der Waals surface area contributed by atoms with Crippen LogP contribution in [-0.2, 0) is 19.9 Å². The van der Waals surface area contributed by atoms with E-state index >= 15 is 0 Å². The van der Waals surface area contributed by atoms with Gasteiger partial charge in [-0.15, -0.1) is 0 Å². The second-order valence-corrected chi connectivity index (χ2v) is 7.13. The molecule has 0 aromatic heterocycles. The van der Waals surface area contributed by atoms with Crippen molar-refractivity contribution in [2.75, 3.05) is 5.32 Å². The van der Waals surface area contributed by atoms with Gasteiger partial charge in [0.2, 0.25) is 0 Å². The van der Waals surface area contributed by atoms with Crippen molar-refractivity contribution in [2.24, 2.45) is 0 Å². The summed E-state index contributed by atoms with van der Waals surface area (Å²) in [5.41, 5.74) is 0.461. The Morgan fingerprint density at radius 3 is 2.72 bits per heavy atom. The number of halogens is 1.